The maximum absolute atomic E-state index is 13.0. The van der Waals surface area contributed by atoms with Gasteiger partial charge in [0, 0.05) is 16.8 Å². The minimum absolute atomic E-state index is 0.0150. The number of anilines is 1. The summed E-state index contributed by atoms with van der Waals surface area (Å²) in [6.45, 7) is 4.07. The van der Waals surface area contributed by atoms with Crippen molar-refractivity contribution in [3.8, 4) is 22.7 Å². The van der Waals surface area contributed by atoms with Crippen molar-refractivity contribution >= 4 is 15.7 Å². The van der Waals surface area contributed by atoms with Crippen LogP contribution in [0.1, 0.15) is 11.1 Å². The summed E-state index contributed by atoms with van der Waals surface area (Å²) in [6, 6.07) is 17.5. The van der Waals surface area contributed by atoms with E-state index in [0.29, 0.717) is 11.6 Å². The van der Waals surface area contributed by atoms with Crippen LogP contribution in [0.15, 0.2) is 82.3 Å². The Labute approximate surface area is 174 Å². The zero-order valence-electron chi connectivity index (χ0n) is 16.4. The monoisotopic (exact) mass is 422 g/mol. The van der Waals surface area contributed by atoms with E-state index in [0.717, 1.165) is 34.5 Å². The lowest BCUT2D eigenvalue weighted by Gasteiger charge is -2.08. The van der Waals surface area contributed by atoms with Crippen molar-refractivity contribution < 1.29 is 17.2 Å². The highest BCUT2D eigenvalue weighted by atomic mass is 32.2. The Bertz CT molecular complexity index is 1300. The molecule has 0 saturated heterocycles. The van der Waals surface area contributed by atoms with Crippen molar-refractivity contribution in [1.29, 1.82) is 0 Å². The SMILES string of the molecule is Cc1ccc(-c2coc(-c3ccc(NS(=O)(=O)c4ccc(F)cc4)cc3)n2)c(C)c1. The van der Waals surface area contributed by atoms with Gasteiger partial charge in [-0.2, -0.15) is 0 Å². The summed E-state index contributed by atoms with van der Waals surface area (Å²) in [5.41, 5.74) is 5.13. The van der Waals surface area contributed by atoms with E-state index in [9.17, 15) is 12.8 Å². The first-order valence-electron chi connectivity index (χ1n) is 9.24. The molecule has 0 aliphatic rings. The quantitative estimate of drug-likeness (QED) is 0.457. The number of benzene rings is 3. The molecule has 4 rings (SSSR count). The molecule has 30 heavy (non-hydrogen) atoms. The smallest absolute Gasteiger partial charge is 0.261 e. The van der Waals surface area contributed by atoms with Gasteiger partial charge in [-0.25, -0.2) is 17.8 Å². The summed E-state index contributed by atoms with van der Waals surface area (Å²) in [5, 5.41) is 0. The molecule has 0 bridgehead atoms. The van der Waals surface area contributed by atoms with Crippen LogP contribution in [-0.2, 0) is 10.0 Å². The third kappa shape index (κ3) is 4.11. The highest BCUT2D eigenvalue weighted by molar-refractivity contribution is 7.92. The third-order valence-electron chi connectivity index (χ3n) is 4.67. The van der Waals surface area contributed by atoms with Crippen LogP contribution in [0.3, 0.4) is 0 Å². The van der Waals surface area contributed by atoms with E-state index in [2.05, 4.69) is 15.8 Å². The van der Waals surface area contributed by atoms with Gasteiger partial charge in [-0.15, -0.1) is 0 Å². The maximum Gasteiger partial charge on any atom is 0.261 e. The van der Waals surface area contributed by atoms with Crippen molar-refractivity contribution in [3.05, 3.63) is 89.9 Å². The molecule has 1 N–H and O–H groups in total. The molecular weight excluding hydrogens is 403 g/mol. The molecule has 0 aliphatic carbocycles. The summed E-state index contributed by atoms with van der Waals surface area (Å²) in [5.74, 6) is -0.0534. The lowest BCUT2D eigenvalue weighted by molar-refractivity contribution is 0.575. The number of oxazole rings is 1. The van der Waals surface area contributed by atoms with Gasteiger partial charge in [-0.1, -0.05) is 23.8 Å². The molecule has 0 atom stereocenters. The van der Waals surface area contributed by atoms with Gasteiger partial charge >= 0.3 is 0 Å². The van der Waals surface area contributed by atoms with Crippen LogP contribution in [0.5, 0.6) is 0 Å². The minimum Gasteiger partial charge on any atom is -0.444 e. The highest BCUT2D eigenvalue weighted by Gasteiger charge is 2.15. The zero-order valence-corrected chi connectivity index (χ0v) is 17.2. The Kier molecular flexibility index (Phi) is 5.13. The Morgan fingerprint density at radius 2 is 1.63 bits per heavy atom. The average molecular weight is 422 g/mol. The first-order chi connectivity index (χ1) is 14.3. The topological polar surface area (TPSA) is 72.2 Å². The van der Waals surface area contributed by atoms with Crippen molar-refractivity contribution in [1.82, 2.24) is 4.98 Å². The molecule has 5 nitrogen and oxygen atoms in total. The second-order valence-corrected chi connectivity index (χ2v) is 8.68. The molecule has 0 spiro atoms. The summed E-state index contributed by atoms with van der Waals surface area (Å²) in [4.78, 5) is 4.55. The molecule has 1 aromatic heterocycles. The van der Waals surface area contributed by atoms with E-state index in [1.54, 1.807) is 30.5 Å². The average Bonchev–Trinajstić information content (AvgIpc) is 3.18. The number of nitrogens with zero attached hydrogens (tertiary/aromatic N) is 1. The van der Waals surface area contributed by atoms with Gasteiger partial charge in [0.2, 0.25) is 5.89 Å². The van der Waals surface area contributed by atoms with E-state index < -0.39 is 15.8 Å². The molecule has 0 unspecified atom stereocenters. The zero-order chi connectivity index (χ0) is 21.3. The fourth-order valence-electron chi connectivity index (χ4n) is 3.14. The number of hydrogen-bond acceptors (Lipinski definition) is 4. The van der Waals surface area contributed by atoms with Crippen molar-refractivity contribution in [2.45, 2.75) is 18.7 Å². The van der Waals surface area contributed by atoms with Gasteiger partial charge in [0.05, 0.1) is 4.90 Å². The standard InChI is InChI=1S/C23H19FN2O3S/c1-15-3-12-21(16(2)13-15)22-14-29-23(25-22)17-4-8-19(9-5-17)26-30(27,28)20-10-6-18(24)7-11-20/h3-14,26H,1-2H3. The fraction of sp³-hybridized carbons (Fsp3) is 0.0870. The van der Waals surface area contributed by atoms with Gasteiger partial charge in [-0.3, -0.25) is 4.72 Å². The van der Waals surface area contributed by atoms with Gasteiger partial charge in [0.25, 0.3) is 10.0 Å². The van der Waals surface area contributed by atoms with Crippen LogP contribution in [0, 0.1) is 19.7 Å². The number of halogens is 1. The predicted molar refractivity (Wildman–Crippen MR) is 114 cm³/mol. The lowest BCUT2D eigenvalue weighted by atomic mass is 10.0. The second kappa shape index (κ2) is 7.76. The van der Waals surface area contributed by atoms with Crippen LogP contribution < -0.4 is 4.72 Å². The Hall–Kier alpha value is -3.45. The maximum atomic E-state index is 13.0. The van der Waals surface area contributed by atoms with Crippen LogP contribution in [0.2, 0.25) is 0 Å². The molecule has 0 fully saturated rings. The molecule has 7 heteroatoms. The fourth-order valence-corrected chi connectivity index (χ4v) is 4.20. The summed E-state index contributed by atoms with van der Waals surface area (Å²) in [6.07, 6.45) is 1.61. The first-order valence-corrected chi connectivity index (χ1v) is 10.7. The first kappa shape index (κ1) is 19.8. The highest BCUT2D eigenvalue weighted by Crippen LogP contribution is 2.28. The Morgan fingerprint density at radius 3 is 2.30 bits per heavy atom. The van der Waals surface area contributed by atoms with Crippen LogP contribution >= 0.6 is 0 Å². The predicted octanol–water partition coefficient (Wildman–Crippen LogP) is 5.57. The van der Waals surface area contributed by atoms with E-state index in [1.165, 1.54) is 17.7 Å². The molecule has 0 radical (unpaired) electrons. The molecule has 0 aliphatic heterocycles. The molecule has 1 heterocycles. The lowest BCUT2D eigenvalue weighted by Crippen LogP contribution is -2.12. The Balaban J connectivity index is 1.54. The Morgan fingerprint density at radius 1 is 0.933 bits per heavy atom. The molecule has 152 valence electrons. The van der Waals surface area contributed by atoms with E-state index in [1.807, 2.05) is 26.0 Å². The van der Waals surface area contributed by atoms with Gasteiger partial charge in [0.1, 0.15) is 17.8 Å². The number of nitrogens with one attached hydrogen (secondary N) is 1. The number of sulfonamides is 1. The van der Waals surface area contributed by atoms with Gasteiger partial charge in [0.15, 0.2) is 0 Å². The molecule has 0 amide bonds. The van der Waals surface area contributed by atoms with Gasteiger partial charge < -0.3 is 4.42 Å². The normalized spacial score (nSPS) is 11.4. The number of rotatable bonds is 5. The van der Waals surface area contributed by atoms with Crippen LogP contribution in [0.4, 0.5) is 10.1 Å². The number of hydrogen-bond donors (Lipinski definition) is 1. The number of aromatic nitrogens is 1. The van der Waals surface area contributed by atoms with Crippen molar-refractivity contribution in [2.75, 3.05) is 4.72 Å². The van der Waals surface area contributed by atoms with Crippen LogP contribution in [-0.4, -0.2) is 13.4 Å². The summed E-state index contributed by atoms with van der Waals surface area (Å²) in [7, 11) is -3.80. The largest absolute Gasteiger partial charge is 0.444 e. The summed E-state index contributed by atoms with van der Waals surface area (Å²) >= 11 is 0. The molecule has 4 aromatic rings. The van der Waals surface area contributed by atoms with Crippen LogP contribution in [0.25, 0.3) is 22.7 Å². The van der Waals surface area contributed by atoms with Crippen molar-refractivity contribution in [2.24, 2.45) is 0 Å². The molecule has 0 saturated carbocycles. The minimum atomic E-state index is -3.80. The molecule has 3 aromatic carbocycles. The van der Waals surface area contributed by atoms with E-state index in [4.69, 9.17) is 4.42 Å². The van der Waals surface area contributed by atoms with E-state index >= 15 is 0 Å². The van der Waals surface area contributed by atoms with E-state index in [-0.39, 0.29) is 4.90 Å². The van der Waals surface area contributed by atoms with Gasteiger partial charge in [-0.05, 0) is 67.9 Å². The second-order valence-electron chi connectivity index (χ2n) is 6.99. The van der Waals surface area contributed by atoms with Crippen molar-refractivity contribution in [3.63, 3.8) is 0 Å². The molecular formula is C23H19FN2O3S. The number of aryl methyl sites for hydroxylation is 2. The third-order valence-corrected chi connectivity index (χ3v) is 6.07. The summed E-state index contributed by atoms with van der Waals surface area (Å²) < 4.78 is 46.0.